The van der Waals surface area contributed by atoms with Crippen molar-refractivity contribution >= 4 is 28.5 Å². The summed E-state index contributed by atoms with van der Waals surface area (Å²) in [5, 5.41) is 3.58. The van der Waals surface area contributed by atoms with Gasteiger partial charge in [-0.2, -0.15) is 0 Å². The van der Waals surface area contributed by atoms with Crippen molar-refractivity contribution in [3.05, 3.63) is 59.9 Å². The zero-order valence-electron chi connectivity index (χ0n) is 16.0. The Morgan fingerprint density at radius 2 is 1.79 bits per heavy atom. The maximum atomic E-state index is 12.9. The second kappa shape index (κ2) is 8.58. The van der Waals surface area contributed by atoms with Crippen LogP contribution in [0.2, 0.25) is 0 Å². The van der Waals surface area contributed by atoms with E-state index in [1.165, 1.54) is 4.90 Å². The number of para-hydroxylation sites is 1. The number of amides is 2. The number of furan rings is 1. The van der Waals surface area contributed by atoms with Crippen molar-refractivity contribution < 1.29 is 23.5 Å². The van der Waals surface area contributed by atoms with Gasteiger partial charge in [0.05, 0.1) is 20.3 Å². The number of nitrogens with one attached hydrogen (secondary N) is 1. The first kappa shape index (κ1) is 19.4. The molecular weight excluding hydrogens is 360 g/mol. The third-order valence-electron chi connectivity index (χ3n) is 4.28. The van der Waals surface area contributed by atoms with Crippen molar-refractivity contribution in [2.75, 3.05) is 33.1 Å². The molecule has 0 fully saturated rings. The molecule has 28 heavy (non-hydrogen) atoms. The Bertz CT molecular complexity index is 978. The molecule has 0 saturated carbocycles. The summed E-state index contributed by atoms with van der Waals surface area (Å²) in [4.78, 5) is 26.5. The summed E-state index contributed by atoms with van der Waals surface area (Å²) in [6, 6.07) is 14.3. The van der Waals surface area contributed by atoms with E-state index < -0.39 is 0 Å². The van der Waals surface area contributed by atoms with E-state index >= 15 is 0 Å². The molecule has 0 unspecified atom stereocenters. The van der Waals surface area contributed by atoms with Crippen LogP contribution in [0, 0.1) is 0 Å². The summed E-state index contributed by atoms with van der Waals surface area (Å²) in [6.45, 7) is 0.123. The highest BCUT2D eigenvalue weighted by molar-refractivity contribution is 6.01. The number of nitrogens with zero attached hydrogens (tertiary/aromatic N) is 1. The van der Waals surface area contributed by atoms with E-state index in [-0.39, 0.29) is 30.7 Å². The SMILES string of the molecule is COCc1c(C(=O)N(C)CC(=O)Nc2ccc(OC)cc2)oc2ccccc12. The Balaban J connectivity index is 1.72. The lowest BCUT2D eigenvalue weighted by Crippen LogP contribution is -2.35. The number of rotatable bonds is 7. The molecule has 3 aromatic rings. The maximum Gasteiger partial charge on any atom is 0.290 e. The van der Waals surface area contributed by atoms with Crippen molar-refractivity contribution in [1.29, 1.82) is 0 Å². The molecule has 1 heterocycles. The molecule has 146 valence electrons. The van der Waals surface area contributed by atoms with Crippen molar-refractivity contribution in [3.63, 3.8) is 0 Å². The smallest absolute Gasteiger partial charge is 0.290 e. The van der Waals surface area contributed by atoms with Gasteiger partial charge in [0.15, 0.2) is 5.76 Å². The molecule has 7 heteroatoms. The van der Waals surface area contributed by atoms with E-state index in [1.807, 2.05) is 18.2 Å². The highest BCUT2D eigenvalue weighted by Crippen LogP contribution is 2.27. The van der Waals surface area contributed by atoms with Crippen LogP contribution in [0.4, 0.5) is 5.69 Å². The number of likely N-dealkylation sites (N-methyl/N-ethyl adjacent to an activating group) is 1. The largest absolute Gasteiger partial charge is 0.497 e. The average Bonchev–Trinajstić information content (AvgIpc) is 3.07. The number of carbonyl (C=O) groups is 2. The van der Waals surface area contributed by atoms with Crippen LogP contribution >= 0.6 is 0 Å². The summed E-state index contributed by atoms with van der Waals surface area (Å²) in [6.07, 6.45) is 0. The summed E-state index contributed by atoms with van der Waals surface area (Å²) in [5.74, 6) is 0.183. The zero-order valence-corrected chi connectivity index (χ0v) is 16.0. The molecule has 7 nitrogen and oxygen atoms in total. The van der Waals surface area contributed by atoms with Gasteiger partial charge in [-0.1, -0.05) is 18.2 Å². The summed E-state index contributed by atoms with van der Waals surface area (Å²) in [7, 11) is 4.69. The first-order valence-corrected chi connectivity index (χ1v) is 8.72. The first-order chi connectivity index (χ1) is 13.5. The molecular formula is C21H22N2O5. The number of benzene rings is 2. The van der Waals surface area contributed by atoms with Crippen LogP contribution in [0.15, 0.2) is 52.9 Å². The van der Waals surface area contributed by atoms with Crippen molar-refractivity contribution in [3.8, 4) is 5.75 Å². The van der Waals surface area contributed by atoms with Gasteiger partial charge in [0, 0.05) is 30.8 Å². The van der Waals surface area contributed by atoms with Crippen LogP contribution in [-0.2, 0) is 16.1 Å². The molecule has 0 saturated heterocycles. The standard InChI is InChI=1S/C21H22N2O5/c1-23(12-19(24)22-14-8-10-15(27-3)11-9-14)21(25)20-17(13-26-2)16-6-4-5-7-18(16)28-20/h4-11H,12-13H2,1-3H3,(H,22,24). The Hall–Kier alpha value is -3.32. The van der Waals surface area contributed by atoms with Crippen molar-refractivity contribution in [1.82, 2.24) is 4.90 Å². The van der Waals surface area contributed by atoms with E-state index in [2.05, 4.69) is 5.32 Å². The number of hydrogen-bond donors (Lipinski definition) is 1. The Labute approximate surface area is 162 Å². The first-order valence-electron chi connectivity index (χ1n) is 8.72. The van der Waals surface area contributed by atoms with Gasteiger partial charge in [0.2, 0.25) is 5.91 Å². The molecule has 1 aromatic heterocycles. The summed E-state index contributed by atoms with van der Waals surface area (Å²) >= 11 is 0. The highest BCUT2D eigenvalue weighted by Gasteiger charge is 2.24. The number of carbonyl (C=O) groups excluding carboxylic acids is 2. The van der Waals surface area contributed by atoms with Gasteiger partial charge in [-0.25, -0.2) is 0 Å². The van der Waals surface area contributed by atoms with Crippen molar-refractivity contribution in [2.24, 2.45) is 0 Å². The third kappa shape index (κ3) is 4.15. The van der Waals surface area contributed by atoms with Crippen LogP contribution in [0.5, 0.6) is 5.75 Å². The van der Waals surface area contributed by atoms with Crippen molar-refractivity contribution in [2.45, 2.75) is 6.61 Å². The predicted molar refractivity (Wildman–Crippen MR) is 106 cm³/mol. The van der Waals surface area contributed by atoms with E-state index in [0.717, 1.165) is 5.39 Å². The van der Waals surface area contributed by atoms with Gasteiger partial charge in [-0.3, -0.25) is 9.59 Å². The summed E-state index contributed by atoms with van der Waals surface area (Å²) in [5.41, 5.74) is 1.90. The van der Waals surface area contributed by atoms with Crippen LogP contribution < -0.4 is 10.1 Å². The van der Waals surface area contributed by atoms with E-state index in [9.17, 15) is 9.59 Å². The van der Waals surface area contributed by atoms with Gasteiger partial charge < -0.3 is 24.1 Å². The molecule has 0 atom stereocenters. The van der Waals surface area contributed by atoms with Crippen LogP contribution in [-0.4, -0.2) is 44.5 Å². The van der Waals surface area contributed by atoms with Crippen LogP contribution in [0.3, 0.4) is 0 Å². The number of fused-ring (bicyclic) bond motifs is 1. The number of methoxy groups -OCH3 is 2. The molecule has 0 spiro atoms. The van der Waals surface area contributed by atoms with Crippen LogP contribution in [0.25, 0.3) is 11.0 Å². The van der Waals surface area contributed by atoms with Gasteiger partial charge in [0.25, 0.3) is 5.91 Å². The second-order valence-corrected chi connectivity index (χ2v) is 6.28. The normalized spacial score (nSPS) is 10.7. The number of ether oxygens (including phenoxy) is 2. The van der Waals surface area contributed by atoms with Gasteiger partial charge >= 0.3 is 0 Å². The van der Waals surface area contributed by atoms with E-state index in [0.29, 0.717) is 22.6 Å². The molecule has 2 amide bonds. The Kier molecular flexibility index (Phi) is 5.96. The molecule has 0 aliphatic carbocycles. The van der Waals surface area contributed by atoms with Gasteiger partial charge in [-0.15, -0.1) is 0 Å². The molecule has 0 radical (unpaired) electrons. The fourth-order valence-electron chi connectivity index (χ4n) is 2.89. The fraction of sp³-hybridized carbons (Fsp3) is 0.238. The monoisotopic (exact) mass is 382 g/mol. The molecule has 1 N–H and O–H groups in total. The lowest BCUT2D eigenvalue weighted by atomic mass is 10.1. The molecule has 3 rings (SSSR count). The lowest BCUT2D eigenvalue weighted by molar-refractivity contribution is -0.116. The molecule has 0 bridgehead atoms. The predicted octanol–water partition coefficient (Wildman–Crippen LogP) is 3.30. The van der Waals surface area contributed by atoms with Crippen LogP contribution in [0.1, 0.15) is 16.1 Å². The fourth-order valence-corrected chi connectivity index (χ4v) is 2.89. The highest BCUT2D eigenvalue weighted by atomic mass is 16.5. The van der Waals surface area contributed by atoms with Gasteiger partial charge in [-0.05, 0) is 30.3 Å². The minimum absolute atomic E-state index is 0.117. The Morgan fingerprint density at radius 1 is 1.07 bits per heavy atom. The number of anilines is 1. The Morgan fingerprint density at radius 3 is 2.46 bits per heavy atom. The summed E-state index contributed by atoms with van der Waals surface area (Å²) < 4.78 is 16.1. The minimum atomic E-state index is -0.381. The second-order valence-electron chi connectivity index (χ2n) is 6.28. The van der Waals surface area contributed by atoms with E-state index in [4.69, 9.17) is 13.9 Å². The van der Waals surface area contributed by atoms with Gasteiger partial charge in [0.1, 0.15) is 11.3 Å². The molecule has 0 aliphatic rings. The maximum absolute atomic E-state index is 12.9. The zero-order chi connectivity index (χ0) is 20.1. The minimum Gasteiger partial charge on any atom is -0.497 e. The third-order valence-corrected chi connectivity index (χ3v) is 4.28. The average molecular weight is 382 g/mol. The number of hydrogen-bond acceptors (Lipinski definition) is 5. The molecule has 0 aliphatic heterocycles. The topological polar surface area (TPSA) is 81.0 Å². The van der Waals surface area contributed by atoms with E-state index in [1.54, 1.807) is 51.6 Å². The lowest BCUT2D eigenvalue weighted by Gasteiger charge is -2.16. The quantitative estimate of drug-likeness (QED) is 0.678. The molecule has 2 aromatic carbocycles.